The van der Waals surface area contributed by atoms with E-state index in [2.05, 4.69) is 10.0 Å². The summed E-state index contributed by atoms with van der Waals surface area (Å²) in [6.45, 7) is 0. The molecule has 9 heteroatoms. The quantitative estimate of drug-likeness (QED) is 0.653. The molecule has 0 spiro atoms. The summed E-state index contributed by atoms with van der Waals surface area (Å²) in [5.74, 6) is -0.834. The Hall–Kier alpha value is -2.23. The SMILES string of the molecule is CS(=O)(=O)CC[C@@H](NS(=O)(=O)c1ccccc1)C(=O)N[C@H]1CCc2ccccc21. The molecule has 0 unspecified atom stereocenters. The highest BCUT2D eigenvalue weighted by Crippen LogP contribution is 2.30. The van der Waals surface area contributed by atoms with Gasteiger partial charge in [0.15, 0.2) is 0 Å². The van der Waals surface area contributed by atoms with Gasteiger partial charge < -0.3 is 5.32 Å². The van der Waals surface area contributed by atoms with Crippen LogP contribution in [0.5, 0.6) is 0 Å². The van der Waals surface area contributed by atoms with E-state index in [1.165, 1.54) is 12.1 Å². The summed E-state index contributed by atoms with van der Waals surface area (Å²) in [6.07, 6.45) is 2.45. The van der Waals surface area contributed by atoms with E-state index < -0.39 is 31.8 Å². The van der Waals surface area contributed by atoms with Crippen LogP contribution in [0.15, 0.2) is 59.5 Å². The van der Waals surface area contributed by atoms with Crippen molar-refractivity contribution in [2.75, 3.05) is 12.0 Å². The van der Waals surface area contributed by atoms with Gasteiger partial charge in [-0.2, -0.15) is 4.72 Å². The van der Waals surface area contributed by atoms with Crippen molar-refractivity contribution in [2.24, 2.45) is 0 Å². The lowest BCUT2D eigenvalue weighted by Gasteiger charge is -2.21. The van der Waals surface area contributed by atoms with E-state index >= 15 is 0 Å². The van der Waals surface area contributed by atoms with Gasteiger partial charge >= 0.3 is 0 Å². The van der Waals surface area contributed by atoms with Gasteiger partial charge in [0.2, 0.25) is 15.9 Å². The smallest absolute Gasteiger partial charge is 0.241 e. The zero-order valence-electron chi connectivity index (χ0n) is 16.0. The molecule has 3 rings (SSSR count). The summed E-state index contributed by atoms with van der Waals surface area (Å²) in [7, 11) is -7.34. The van der Waals surface area contributed by atoms with E-state index in [1.807, 2.05) is 24.3 Å². The monoisotopic (exact) mass is 436 g/mol. The lowest BCUT2D eigenvalue weighted by molar-refractivity contribution is -0.123. The summed E-state index contributed by atoms with van der Waals surface area (Å²) in [4.78, 5) is 12.9. The van der Waals surface area contributed by atoms with Gasteiger partial charge in [0, 0.05) is 6.26 Å². The van der Waals surface area contributed by atoms with Gasteiger partial charge in [-0.3, -0.25) is 4.79 Å². The number of carbonyl (C=O) groups is 1. The molecule has 0 saturated heterocycles. The number of amides is 1. The van der Waals surface area contributed by atoms with Crippen LogP contribution >= 0.6 is 0 Å². The third-order valence-electron chi connectivity index (χ3n) is 4.89. The van der Waals surface area contributed by atoms with Gasteiger partial charge in [0.05, 0.1) is 16.7 Å². The molecule has 0 fully saturated rings. The molecule has 0 aliphatic heterocycles. The van der Waals surface area contributed by atoms with Crippen LogP contribution in [0.4, 0.5) is 0 Å². The third kappa shape index (κ3) is 5.65. The van der Waals surface area contributed by atoms with E-state index in [-0.39, 0.29) is 23.1 Å². The molecule has 1 aliphatic carbocycles. The maximum Gasteiger partial charge on any atom is 0.241 e. The number of hydrogen-bond donors (Lipinski definition) is 2. The first-order valence-corrected chi connectivity index (χ1v) is 12.8. The molecule has 156 valence electrons. The molecule has 0 heterocycles. The molecule has 0 radical (unpaired) electrons. The van der Waals surface area contributed by atoms with Gasteiger partial charge in [0.25, 0.3) is 0 Å². The predicted molar refractivity (Wildman–Crippen MR) is 111 cm³/mol. The maximum absolute atomic E-state index is 12.9. The van der Waals surface area contributed by atoms with Crippen LogP contribution < -0.4 is 10.0 Å². The summed E-state index contributed by atoms with van der Waals surface area (Å²) >= 11 is 0. The molecule has 0 saturated carbocycles. The van der Waals surface area contributed by atoms with Crippen LogP contribution in [0, 0.1) is 0 Å². The number of fused-ring (bicyclic) bond motifs is 1. The number of carbonyl (C=O) groups excluding carboxylic acids is 1. The molecule has 2 atom stereocenters. The molecule has 2 aromatic carbocycles. The second-order valence-electron chi connectivity index (χ2n) is 7.20. The van der Waals surface area contributed by atoms with Crippen LogP contribution in [-0.2, 0) is 31.1 Å². The Kier molecular flexibility index (Phi) is 6.40. The van der Waals surface area contributed by atoms with E-state index in [0.29, 0.717) is 0 Å². The molecule has 0 bridgehead atoms. The van der Waals surface area contributed by atoms with Crippen molar-refractivity contribution >= 4 is 25.8 Å². The zero-order chi connectivity index (χ0) is 21.1. The Labute approximate surface area is 171 Å². The first-order valence-electron chi connectivity index (χ1n) is 9.29. The third-order valence-corrected chi connectivity index (χ3v) is 7.36. The summed E-state index contributed by atoms with van der Waals surface area (Å²) in [6, 6.07) is 14.0. The highest BCUT2D eigenvalue weighted by atomic mass is 32.2. The van der Waals surface area contributed by atoms with Crippen molar-refractivity contribution in [3.63, 3.8) is 0 Å². The first kappa shape index (κ1) is 21.5. The predicted octanol–water partition coefficient (Wildman–Crippen LogP) is 1.57. The highest BCUT2D eigenvalue weighted by Gasteiger charge is 2.30. The van der Waals surface area contributed by atoms with Gasteiger partial charge in [-0.15, -0.1) is 0 Å². The van der Waals surface area contributed by atoms with E-state index in [4.69, 9.17) is 0 Å². The Morgan fingerprint density at radius 2 is 1.69 bits per heavy atom. The van der Waals surface area contributed by atoms with Crippen LogP contribution in [0.3, 0.4) is 0 Å². The van der Waals surface area contributed by atoms with Crippen LogP contribution in [0.1, 0.15) is 30.0 Å². The topological polar surface area (TPSA) is 109 Å². The van der Waals surface area contributed by atoms with Crippen LogP contribution in [0.25, 0.3) is 0 Å². The molecule has 7 nitrogen and oxygen atoms in total. The lowest BCUT2D eigenvalue weighted by Crippen LogP contribution is -2.48. The zero-order valence-corrected chi connectivity index (χ0v) is 17.7. The van der Waals surface area contributed by atoms with Crippen molar-refractivity contribution in [3.05, 3.63) is 65.7 Å². The number of sulfone groups is 1. The fourth-order valence-corrected chi connectivity index (χ4v) is 5.32. The van der Waals surface area contributed by atoms with Crippen molar-refractivity contribution in [3.8, 4) is 0 Å². The summed E-state index contributed by atoms with van der Waals surface area (Å²) in [5.41, 5.74) is 2.16. The average molecular weight is 437 g/mol. The molecule has 0 aromatic heterocycles. The minimum atomic E-state index is -3.97. The van der Waals surface area contributed by atoms with Gasteiger partial charge in [-0.25, -0.2) is 16.8 Å². The number of rotatable bonds is 8. The number of sulfonamides is 1. The summed E-state index contributed by atoms with van der Waals surface area (Å²) in [5, 5.41) is 2.88. The maximum atomic E-state index is 12.9. The standard InChI is InChI=1S/C20H24N2O5S2/c1-28(24,25)14-13-19(22-29(26,27)16-8-3-2-4-9-16)20(23)21-18-12-11-15-7-5-6-10-17(15)18/h2-10,18-19,22H,11-14H2,1H3,(H,21,23)/t18-,19+/m0/s1. The molecule has 29 heavy (non-hydrogen) atoms. The van der Waals surface area contributed by atoms with Gasteiger partial charge in [-0.05, 0) is 42.5 Å². The van der Waals surface area contributed by atoms with Crippen LogP contribution in [-0.4, -0.2) is 40.8 Å². The van der Waals surface area contributed by atoms with Crippen molar-refractivity contribution in [2.45, 2.75) is 36.2 Å². The van der Waals surface area contributed by atoms with Crippen molar-refractivity contribution < 1.29 is 21.6 Å². The molecular weight excluding hydrogens is 412 g/mol. The molecular formula is C20H24N2O5S2. The Morgan fingerprint density at radius 1 is 1.03 bits per heavy atom. The highest BCUT2D eigenvalue weighted by molar-refractivity contribution is 7.90. The number of benzene rings is 2. The Bertz CT molecular complexity index is 1080. The molecule has 2 N–H and O–H groups in total. The second-order valence-corrected chi connectivity index (χ2v) is 11.2. The second kappa shape index (κ2) is 8.64. The minimum absolute atomic E-state index is 0.0170. The number of aryl methyl sites for hydroxylation is 1. The van der Waals surface area contributed by atoms with E-state index in [0.717, 1.165) is 30.2 Å². The van der Waals surface area contributed by atoms with Gasteiger partial charge in [-0.1, -0.05) is 42.5 Å². The fourth-order valence-electron chi connectivity index (χ4n) is 3.41. The normalized spacial score (nSPS) is 17.5. The molecule has 1 amide bonds. The Morgan fingerprint density at radius 3 is 2.38 bits per heavy atom. The van der Waals surface area contributed by atoms with Crippen molar-refractivity contribution in [1.29, 1.82) is 0 Å². The van der Waals surface area contributed by atoms with Gasteiger partial charge in [0.1, 0.15) is 15.9 Å². The largest absolute Gasteiger partial charge is 0.348 e. The average Bonchev–Trinajstić information content (AvgIpc) is 3.08. The van der Waals surface area contributed by atoms with E-state index in [9.17, 15) is 21.6 Å². The number of nitrogens with one attached hydrogen (secondary N) is 2. The minimum Gasteiger partial charge on any atom is -0.348 e. The molecule has 2 aromatic rings. The Balaban J connectivity index is 1.79. The number of hydrogen-bond acceptors (Lipinski definition) is 5. The molecule has 1 aliphatic rings. The summed E-state index contributed by atoms with van der Waals surface area (Å²) < 4.78 is 50.9. The van der Waals surface area contributed by atoms with Crippen LogP contribution in [0.2, 0.25) is 0 Å². The first-order chi connectivity index (χ1) is 13.7. The lowest BCUT2D eigenvalue weighted by atomic mass is 10.1. The fraction of sp³-hybridized carbons (Fsp3) is 0.350. The van der Waals surface area contributed by atoms with Crippen molar-refractivity contribution in [1.82, 2.24) is 10.0 Å². The van der Waals surface area contributed by atoms with E-state index in [1.54, 1.807) is 18.2 Å².